The van der Waals surface area contributed by atoms with E-state index in [1.807, 2.05) is 0 Å². The highest BCUT2D eigenvalue weighted by Crippen LogP contribution is 2.19. The lowest BCUT2D eigenvalue weighted by molar-refractivity contribution is -0.125. The maximum absolute atomic E-state index is 12.0. The number of carbonyl (C=O) groups excluding carboxylic acids is 1. The van der Waals surface area contributed by atoms with Crippen molar-refractivity contribution >= 4 is 27.8 Å². The molecular formula is C16H19NO5S. The van der Waals surface area contributed by atoms with Crippen molar-refractivity contribution in [2.75, 3.05) is 25.1 Å². The van der Waals surface area contributed by atoms with Crippen LogP contribution in [0.5, 0.6) is 0 Å². The van der Waals surface area contributed by atoms with Crippen molar-refractivity contribution in [3.63, 3.8) is 0 Å². The fourth-order valence-corrected chi connectivity index (χ4v) is 4.37. The number of amides is 1. The molecule has 1 atom stereocenters. The van der Waals surface area contributed by atoms with Gasteiger partial charge in [0.05, 0.1) is 17.1 Å². The summed E-state index contributed by atoms with van der Waals surface area (Å²) in [7, 11) is -1.29. The van der Waals surface area contributed by atoms with Gasteiger partial charge in [-0.2, -0.15) is 0 Å². The highest BCUT2D eigenvalue weighted by Gasteiger charge is 2.29. The predicted molar refractivity (Wildman–Crippen MR) is 86.8 cm³/mol. The third-order valence-corrected chi connectivity index (χ3v) is 5.65. The molecule has 1 aromatic rings. The van der Waals surface area contributed by atoms with Crippen LogP contribution < -0.4 is 0 Å². The zero-order valence-electron chi connectivity index (χ0n) is 12.8. The number of sulfone groups is 1. The van der Waals surface area contributed by atoms with E-state index >= 15 is 0 Å². The van der Waals surface area contributed by atoms with Crippen LogP contribution in [0.25, 0.3) is 6.08 Å². The Kier molecular flexibility index (Phi) is 5.20. The Balaban J connectivity index is 1.91. The minimum absolute atomic E-state index is 0.00259. The zero-order chi connectivity index (χ0) is 17.0. The van der Waals surface area contributed by atoms with Gasteiger partial charge in [-0.1, -0.05) is 12.1 Å². The Hall–Kier alpha value is -2.15. The first-order valence-electron chi connectivity index (χ1n) is 7.24. The number of carbonyl (C=O) groups is 2. The van der Waals surface area contributed by atoms with Gasteiger partial charge >= 0.3 is 5.97 Å². The van der Waals surface area contributed by atoms with E-state index in [9.17, 15) is 18.0 Å². The lowest BCUT2D eigenvalue weighted by Gasteiger charge is -2.18. The van der Waals surface area contributed by atoms with Crippen LogP contribution in [0.4, 0.5) is 0 Å². The molecule has 23 heavy (non-hydrogen) atoms. The van der Waals surface area contributed by atoms with E-state index in [-0.39, 0.29) is 28.9 Å². The minimum atomic E-state index is -2.94. The number of rotatable bonds is 5. The van der Waals surface area contributed by atoms with Crippen LogP contribution in [0.1, 0.15) is 22.3 Å². The van der Waals surface area contributed by atoms with Crippen LogP contribution in [-0.2, 0) is 14.6 Å². The molecule has 124 valence electrons. The average Bonchev–Trinajstić information content (AvgIpc) is 2.84. The summed E-state index contributed by atoms with van der Waals surface area (Å²) in [5, 5.41) is 8.82. The number of carboxylic acids is 1. The Morgan fingerprint density at radius 3 is 2.48 bits per heavy atom. The van der Waals surface area contributed by atoms with E-state index in [1.54, 1.807) is 25.3 Å². The number of aromatic carboxylic acids is 1. The Morgan fingerprint density at radius 2 is 1.96 bits per heavy atom. The molecule has 1 heterocycles. The number of benzene rings is 1. The van der Waals surface area contributed by atoms with Gasteiger partial charge in [0.25, 0.3) is 0 Å². The van der Waals surface area contributed by atoms with Crippen molar-refractivity contribution in [2.24, 2.45) is 5.92 Å². The lowest BCUT2D eigenvalue weighted by Crippen LogP contribution is -2.31. The normalized spacial score (nSPS) is 19.8. The second-order valence-corrected chi connectivity index (χ2v) is 7.98. The minimum Gasteiger partial charge on any atom is -0.478 e. The molecule has 1 aliphatic rings. The molecule has 1 aromatic carbocycles. The molecule has 1 saturated heterocycles. The summed E-state index contributed by atoms with van der Waals surface area (Å²) in [5.74, 6) is -0.868. The largest absolute Gasteiger partial charge is 0.478 e. The molecule has 0 spiro atoms. The molecule has 0 radical (unpaired) electrons. The van der Waals surface area contributed by atoms with Crippen LogP contribution in [0.3, 0.4) is 0 Å². The fourth-order valence-electron chi connectivity index (χ4n) is 2.52. The van der Waals surface area contributed by atoms with Gasteiger partial charge in [-0.15, -0.1) is 0 Å². The first-order chi connectivity index (χ1) is 10.8. The molecule has 0 bridgehead atoms. The van der Waals surface area contributed by atoms with Crippen molar-refractivity contribution in [1.82, 2.24) is 4.90 Å². The van der Waals surface area contributed by atoms with Crippen LogP contribution in [0.2, 0.25) is 0 Å². The van der Waals surface area contributed by atoms with Gasteiger partial charge in [0, 0.05) is 19.7 Å². The Morgan fingerprint density at radius 1 is 1.30 bits per heavy atom. The predicted octanol–water partition coefficient (Wildman–Crippen LogP) is 1.29. The number of hydrogen-bond acceptors (Lipinski definition) is 4. The average molecular weight is 337 g/mol. The summed E-state index contributed by atoms with van der Waals surface area (Å²) in [6.07, 6.45) is 3.61. The van der Waals surface area contributed by atoms with E-state index in [4.69, 9.17) is 5.11 Å². The van der Waals surface area contributed by atoms with Crippen molar-refractivity contribution in [3.05, 3.63) is 41.5 Å². The van der Waals surface area contributed by atoms with Crippen molar-refractivity contribution in [3.8, 4) is 0 Å². The van der Waals surface area contributed by atoms with Crippen molar-refractivity contribution < 1.29 is 23.1 Å². The molecular weight excluding hydrogens is 318 g/mol. The SMILES string of the molecule is CN(CC1CCS(=O)(=O)C1)C(=O)/C=C/c1ccc(C(=O)O)cc1. The quantitative estimate of drug-likeness (QED) is 0.818. The number of nitrogens with zero attached hydrogens (tertiary/aromatic N) is 1. The van der Waals surface area contributed by atoms with Gasteiger partial charge in [-0.3, -0.25) is 4.79 Å². The summed E-state index contributed by atoms with van der Waals surface area (Å²) in [4.78, 5) is 24.3. The summed E-state index contributed by atoms with van der Waals surface area (Å²) in [5.41, 5.74) is 0.910. The molecule has 0 saturated carbocycles. The second kappa shape index (κ2) is 6.95. The van der Waals surface area contributed by atoms with E-state index in [1.165, 1.54) is 23.1 Å². The molecule has 2 rings (SSSR count). The van der Waals surface area contributed by atoms with Crippen LogP contribution in [0, 0.1) is 5.92 Å². The maximum atomic E-state index is 12.0. The third-order valence-electron chi connectivity index (χ3n) is 3.81. The molecule has 1 N–H and O–H groups in total. The fraction of sp³-hybridized carbons (Fsp3) is 0.375. The highest BCUT2D eigenvalue weighted by molar-refractivity contribution is 7.91. The van der Waals surface area contributed by atoms with Gasteiger partial charge in [0.1, 0.15) is 0 Å². The molecule has 1 fully saturated rings. The molecule has 1 amide bonds. The van der Waals surface area contributed by atoms with Crippen molar-refractivity contribution in [1.29, 1.82) is 0 Å². The summed E-state index contributed by atoms with van der Waals surface area (Å²) in [6.45, 7) is 0.417. The van der Waals surface area contributed by atoms with Crippen LogP contribution in [0.15, 0.2) is 30.3 Å². The second-order valence-electron chi connectivity index (χ2n) is 5.75. The summed E-state index contributed by atoms with van der Waals surface area (Å²) in [6, 6.07) is 6.19. The first kappa shape index (κ1) is 17.2. The Labute approximate surface area is 135 Å². The van der Waals surface area contributed by atoms with Gasteiger partial charge in [0.2, 0.25) is 5.91 Å². The van der Waals surface area contributed by atoms with Crippen LogP contribution >= 0.6 is 0 Å². The third kappa shape index (κ3) is 4.92. The number of likely N-dealkylation sites (N-methyl/N-ethyl adjacent to an activating group) is 1. The standard InChI is InChI=1S/C16H19NO5S/c1-17(10-13-8-9-23(21,22)11-13)15(18)7-4-12-2-5-14(6-3-12)16(19)20/h2-7,13H,8-11H2,1H3,(H,19,20)/b7-4+. The van der Waals surface area contributed by atoms with Gasteiger partial charge in [-0.25, -0.2) is 13.2 Å². The lowest BCUT2D eigenvalue weighted by atomic mass is 10.1. The van der Waals surface area contributed by atoms with Gasteiger partial charge in [-0.05, 0) is 36.1 Å². The first-order valence-corrected chi connectivity index (χ1v) is 9.06. The van der Waals surface area contributed by atoms with Crippen molar-refractivity contribution in [2.45, 2.75) is 6.42 Å². The monoisotopic (exact) mass is 337 g/mol. The topological polar surface area (TPSA) is 91.8 Å². The Bertz CT molecular complexity index is 721. The van der Waals surface area contributed by atoms with E-state index in [0.717, 1.165) is 5.56 Å². The highest BCUT2D eigenvalue weighted by atomic mass is 32.2. The molecule has 1 unspecified atom stereocenters. The number of hydrogen-bond donors (Lipinski definition) is 1. The molecule has 0 aromatic heterocycles. The molecule has 6 nitrogen and oxygen atoms in total. The molecule has 7 heteroatoms. The molecule has 1 aliphatic heterocycles. The molecule has 0 aliphatic carbocycles. The number of carboxylic acid groups (broad SMARTS) is 1. The smallest absolute Gasteiger partial charge is 0.335 e. The van der Waals surface area contributed by atoms with Crippen LogP contribution in [-0.4, -0.2) is 55.4 Å². The zero-order valence-corrected chi connectivity index (χ0v) is 13.6. The van der Waals surface area contributed by atoms with E-state index in [0.29, 0.717) is 13.0 Å². The summed E-state index contributed by atoms with van der Waals surface area (Å²) >= 11 is 0. The van der Waals surface area contributed by atoms with Gasteiger partial charge in [0.15, 0.2) is 9.84 Å². The summed E-state index contributed by atoms with van der Waals surface area (Å²) < 4.78 is 22.8. The van der Waals surface area contributed by atoms with E-state index < -0.39 is 15.8 Å². The maximum Gasteiger partial charge on any atom is 0.335 e. The van der Waals surface area contributed by atoms with E-state index in [2.05, 4.69) is 0 Å². The van der Waals surface area contributed by atoms with Gasteiger partial charge < -0.3 is 10.0 Å².